The number of carbonyl (C=O) groups excluding carboxylic acids is 1. The molecule has 2 N–H and O–H groups in total. The normalized spacial score (nSPS) is 10.2. The van der Waals surface area contributed by atoms with Gasteiger partial charge in [0.05, 0.1) is 9.50 Å². The minimum Gasteiger partial charge on any atom is -0.483 e. The Balaban J connectivity index is 1.85. The number of rotatable bonds is 4. The number of anilines is 1. The number of halogens is 4. The van der Waals surface area contributed by atoms with E-state index >= 15 is 0 Å². The Kier molecular flexibility index (Phi) is 7.49. The van der Waals surface area contributed by atoms with Crippen molar-refractivity contribution in [1.82, 2.24) is 5.32 Å². The number of carbonyl (C=O) groups is 1. The van der Waals surface area contributed by atoms with Crippen LogP contribution in [-0.2, 0) is 4.79 Å². The van der Waals surface area contributed by atoms with Gasteiger partial charge in [-0.15, -0.1) is 0 Å². The zero-order valence-corrected chi connectivity index (χ0v) is 18.2. The molecule has 2 rings (SSSR count). The Bertz CT molecular complexity index is 789. The lowest BCUT2D eigenvalue weighted by Crippen LogP contribution is -2.37. The molecule has 0 atom stereocenters. The topological polar surface area (TPSA) is 50.4 Å². The van der Waals surface area contributed by atoms with Gasteiger partial charge < -0.3 is 10.1 Å². The van der Waals surface area contributed by atoms with Crippen LogP contribution in [0.2, 0.25) is 5.02 Å². The molecule has 2 aromatic carbocycles. The molecule has 0 aromatic heterocycles. The summed E-state index contributed by atoms with van der Waals surface area (Å²) in [6, 6.07) is 10.7. The molecule has 9 heteroatoms. The Hall–Kier alpha value is -0.670. The summed E-state index contributed by atoms with van der Waals surface area (Å²) < 4.78 is 7.87. The highest BCUT2D eigenvalue weighted by molar-refractivity contribution is 9.11. The van der Waals surface area contributed by atoms with Crippen molar-refractivity contribution in [3.05, 3.63) is 54.8 Å². The lowest BCUT2D eigenvalue weighted by Gasteiger charge is -2.11. The van der Waals surface area contributed by atoms with Gasteiger partial charge in [-0.25, -0.2) is 0 Å². The van der Waals surface area contributed by atoms with E-state index in [1.165, 1.54) is 0 Å². The van der Waals surface area contributed by atoms with Gasteiger partial charge in [0, 0.05) is 14.6 Å². The average molecular weight is 557 g/mol. The zero-order valence-electron chi connectivity index (χ0n) is 11.9. The van der Waals surface area contributed by atoms with Crippen LogP contribution in [0.5, 0.6) is 5.75 Å². The van der Waals surface area contributed by atoms with E-state index in [2.05, 4.69) is 58.4 Å². The van der Waals surface area contributed by atoms with Crippen molar-refractivity contribution >= 4 is 88.3 Å². The molecular weight excluding hydrogens is 547 g/mol. The van der Waals surface area contributed by atoms with Gasteiger partial charge in [0.15, 0.2) is 11.7 Å². The predicted molar refractivity (Wildman–Crippen MR) is 111 cm³/mol. The molecule has 0 bridgehead atoms. The first-order valence-corrected chi connectivity index (χ1v) is 9.65. The standard InChI is InChI=1S/C15H10Br3ClN2O2S/c16-8-1-4-13(11(18)5-8)23-7-14(22)21-15(24)20-9-2-3-10(17)12(19)6-9/h1-6H,7H2,(H2,20,21,22,24). The van der Waals surface area contributed by atoms with Gasteiger partial charge in [0.2, 0.25) is 0 Å². The van der Waals surface area contributed by atoms with E-state index in [-0.39, 0.29) is 17.6 Å². The van der Waals surface area contributed by atoms with Crippen LogP contribution in [0.25, 0.3) is 0 Å². The van der Waals surface area contributed by atoms with Crippen molar-refractivity contribution < 1.29 is 9.53 Å². The van der Waals surface area contributed by atoms with E-state index in [1.807, 2.05) is 12.1 Å². The van der Waals surface area contributed by atoms with Crippen molar-refractivity contribution in [2.75, 3.05) is 11.9 Å². The number of ether oxygens (including phenoxy) is 1. The number of hydrogen-bond acceptors (Lipinski definition) is 3. The molecule has 0 unspecified atom stereocenters. The summed E-state index contributed by atoms with van der Waals surface area (Å²) in [5, 5.41) is 6.12. The van der Waals surface area contributed by atoms with Crippen LogP contribution in [0, 0.1) is 0 Å². The fourth-order valence-electron chi connectivity index (χ4n) is 1.63. The van der Waals surface area contributed by atoms with Crippen LogP contribution < -0.4 is 15.4 Å². The predicted octanol–water partition coefficient (Wildman–Crippen LogP) is 5.52. The van der Waals surface area contributed by atoms with Gasteiger partial charge in [0.25, 0.3) is 5.91 Å². The van der Waals surface area contributed by atoms with Gasteiger partial charge >= 0.3 is 0 Å². The van der Waals surface area contributed by atoms with Crippen LogP contribution in [0.15, 0.2) is 49.8 Å². The zero-order chi connectivity index (χ0) is 17.7. The summed E-state index contributed by atoms with van der Waals surface area (Å²) in [6.07, 6.45) is 0. The van der Waals surface area contributed by atoms with Crippen LogP contribution >= 0.6 is 71.6 Å². The Morgan fingerprint density at radius 2 is 1.88 bits per heavy atom. The molecule has 0 aliphatic heterocycles. The molecule has 24 heavy (non-hydrogen) atoms. The Morgan fingerprint density at radius 1 is 1.12 bits per heavy atom. The van der Waals surface area contributed by atoms with Gasteiger partial charge in [-0.05, 0) is 80.5 Å². The second-order valence-electron chi connectivity index (χ2n) is 4.49. The van der Waals surface area contributed by atoms with Crippen molar-refractivity contribution in [3.8, 4) is 5.75 Å². The summed E-state index contributed by atoms with van der Waals surface area (Å²) in [5.74, 6) is 0.192. The van der Waals surface area contributed by atoms with E-state index in [0.29, 0.717) is 16.5 Å². The first-order valence-electron chi connectivity index (χ1n) is 6.49. The van der Waals surface area contributed by atoms with Crippen LogP contribution in [0.1, 0.15) is 0 Å². The van der Waals surface area contributed by atoms with E-state index in [1.54, 1.807) is 24.3 Å². The fourth-order valence-corrected chi connectivity index (χ4v) is 3.45. The van der Waals surface area contributed by atoms with Crippen molar-refractivity contribution in [2.45, 2.75) is 0 Å². The smallest absolute Gasteiger partial charge is 0.264 e. The first-order chi connectivity index (χ1) is 11.3. The lowest BCUT2D eigenvalue weighted by molar-refractivity contribution is -0.121. The molecule has 0 saturated carbocycles. The molecule has 0 saturated heterocycles. The number of amides is 1. The first kappa shape index (κ1) is 19.7. The highest BCUT2D eigenvalue weighted by Crippen LogP contribution is 2.28. The Labute approximate surface area is 174 Å². The third-order valence-electron chi connectivity index (χ3n) is 2.68. The van der Waals surface area contributed by atoms with Gasteiger partial charge in [-0.3, -0.25) is 10.1 Å². The van der Waals surface area contributed by atoms with Crippen molar-refractivity contribution in [3.63, 3.8) is 0 Å². The molecule has 0 fully saturated rings. The number of hydrogen-bond donors (Lipinski definition) is 2. The molecule has 1 amide bonds. The molecule has 0 heterocycles. The number of nitrogens with one attached hydrogen (secondary N) is 2. The van der Waals surface area contributed by atoms with E-state index in [4.69, 9.17) is 28.6 Å². The summed E-state index contributed by atoms with van der Waals surface area (Å²) in [4.78, 5) is 11.9. The summed E-state index contributed by atoms with van der Waals surface area (Å²) in [5.41, 5.74) is 0.671. The molecule has 0 aliphatic carbocycles. The quantitative estimate of drug-likeness (QED) is 0.487. The van der Waals surface area contributed by atoms with Gasteiger partial charge in [-0.1, -0.05) is 27.5 Å². The monoisotopic (exact) mass is 554 g/mol. The highest BCUT2D eigenvalue weighted by atomic mass is 79.9. The molecule has 0 aliphatic rings. The average Bonchev–Trinajstić information content (AvgIpc) is 2.50. The van der Waals surface area contributed by atoms with Crippen molar-refractivity contribution in [2.24, 2.45) is 0 Å². The molecule has 2 aromatic rings. The van der Waals surface area contributed by atoms with E-state index < -0.39 is 0 Å². The number of thiocarbonyl (C=S) groups is 1. The van der Waals surface area contributed by atoms with E-state index in [0.717, 1.165) is 13.4 Å². The van der Waals surface area contributed by atoms with Crippen molar-refractivity contribution in [1.29, 1.82) is 0 Å². The minimum atomic E-state index is -0.370. The number of benzene rings is 2. The SMILES string of the molecule is O=C(COc1ccc(Br)cc1Br)NC(=S)Nc1ccc(Br)c(Cl)c1. The maximum Gasteiger partial charge on any atom is 0.264 e. The maximum absolute atomic E-state index is 11.9. The summed E-state index contributed by atoms with van der Waals surface area (Å²) in [7, 11) is 0. The van der Waals surface area contributed by atoms with Gasteiger partial charge in [0.1, 0.15) is 5.75 Å². The maximum atomic E-state index is 11.9. The third-order valence-corrected chi connectivity index (χ3v) is 5.23. The second-order valence-corrected chi connectivity index (χ2v) is 7.93. The Morgan fingerprint density at radius 3 is 2.54 bits per heavy atom. The molecular formula is C15H10Br3ClN2O2S. The molecule has 4 nitrogen and oxygen atoms in total. The molecule has 0 spiro atoms. The summed E-state index contributed by atoms with van der Waals surface area (Å²) >= 11 is 21.1. The lowest BCUT2D eigenvalue weighted by atomic mass is 10.3. The van der Waals surface area contributed by atoms with E-state index in [9.17, 15) is 4.79 Å². The molecule has 0 radical (unpaired) electrons. The second kappa shape index (κ2) is 9.15. The third kappa shape index (κ3) is 6.00. The van der Waals surface area contributed by atoms with Crippen LogP contribution in [-0.4, -0.2) is 17.6 Å². The highest BCUT2D eigenvalue weighted by Gasteiger charge is 2.09. The largest absolute Gasteiger partial charge is 0.483 e. The van der Waals surface area contributed by atoms with Gasteiger partial charge in [-0.2, -0.15) is 0 Å². The fraction of sp³-hybridized carbons (Fsp3) is 0.0667. The summed E-state index contributed by atoms with van der Waals surface area (Å²) in [6.45, 7) is -0.164. The minimum absolute atomic E-state index is 0.164. The van der Waals surface area contributed by atoms with Crippen LogP contribution in [0.3, 0.4) is 0 Å². The van der Waals surface area contributed by atoms with Crippen LogP contribution in [0.4, 0.5) is 5.69 Å². The molecule has 126 valence electrons.